The van der Waals surface area contributed by atoms with Crippen molar-refractivity contribution in [1.29, 1.82) is 5.26 Å². The molecule has 0 saturated heterocycles. The maximum absolute atomic E-state index is 12.4. The molecule has 0 saturated carbocycles. The first-order valence-electron chi connectivity index (χ1n) is 10.6. The lowest BCUT2D eigenvalue weighted by molar-refractivity contribution is -0.384. The van der Waals surface area contributed by atoms with Crippen molar-refractivity contribution in [1.82, 2.24) is 0 Å². The third-order valence-corrected chi connectivity index (χ3v) is 5.20. The topological polar surface area (TPSA) is 114 Å². The number of nitriles is 1. The minimum absolute atomic E-state index is 0.0688. The van der Waals surface area contributed by atoms with E-state index in [0.717, 1.165) is 5.56 Å². The number of nitro groups is 1. The number of carbonyl (C=O) groups is 1. The molecule has 8 nitrogen and oxygen atoms in total. The van der Waals surface area contributed by atoms with Crippen molar-refractivity contribution in [3.05, 3.63) is 92.5 Å². The molecule has 3 aromatic carbocycles. The van der Waals surface area contributed by atoms with E-state index >= 15 is 0 Å². The first kappa shape index (κ1) is 25.3. The van der Waals surface area contributed by atoms with Gasteiger partial charge in [-0.25, -0.2) is 0 Å². The number of nitro benzene ring substituents is 1. The second-order valence-corrected chi connectivity index (χ2v) is 7.80. The third kappa shape index (κ3) is 6.59. The summed E-state index contributed by atoms with van der Waals surface area (Å²) in [5.41, 5.74) is 2.90. The molecular formula is C26H22ClN3O5. The van der Waals surface area contributed by atoms with Crippen LogP contribution in [0.2, 0.25) is 5.02 Å². The fourth-order valence-corrected chi connectivity index (χ4v) is 3.49. The van der Waals surface area contributed by atoms with E-state index in [9.17, 15) is 20.2 Å². The number of para-hydroxylation sites is 1. The lowest BCUT2D eigenvalue weighted by Crippen LogP contribution is -2.21. The zero-order valence-electron chi connectivity index (χ0n) is 19.1. The van der Waals surface area contributed by atoms with Gasteiger partial charge in [-0.2, -0.15) is 5.26 Å². The number of aryl methyl sites for hydroxylation is 1. The molecule has 3 aromatic rings. The van der Waals surface area contributed by atoms with Gasteiger partial charge < -0.3 is 14.8 Å². The smallest absolute Gasteiger partial charge is 0.269 e. The highest BCUT2D eigenvalue weighted by atomic mass is 35.5. The van der Waals surface area contributed by atoms with Gasteiger partial charge in [0.2, 0.25) is 0 Å². The number of halogens is 1. The van der Waals surface area contributed by atoms with Crippen LogP contribution in [0.15, 0.2) is 60.7 Å². The van der Waals surface area contributed by atoms with Crippen LogP contribution in [0.25, 0.3) is 11.6 Å². The Kier molecular flexibility index (Phi) is 8.43. The molecule has 0 aliphatic heterocycles. The number of amides is 1. The van der Waals surface area contributed by atoms with Gasteiger partial charge in [-0.05, 0) is 66.9 Å². The Hall–Kier alpha value is -4.35. The Bertz CT molecular complexity index is 1310. The van der Waals surface area contributed by atoms with E-state index in [-0.39, 0.29) is 34.5 Å². The van der Waals surface area contributed by atoms with Gasteiger partial charge in [-0.1, -0.05) is 29.8 Å². The van der Waals surface area contributed by atoms with E-state index in [4.69, 9.17) is 21.1 Å². The SMILES string of the molecule is CCOc1cc(/C=C(\C#N)c2ccc([N+](=O)[O-])cc2)cc(Cl)c1OCC(=O)Nc1ccccc1C. The van der Waals surface area contributed by atoms with Crippen molar-refractivity contribution in [3.8, 4) is 17.6 Å². The van der Waals surface area contributed by atoms with Crippen LogP contribution in [0.3, 0.4) is 0 Å². The van der Waals surface area contributed by atoms with Crippen LogP contribution in [0.4, 0.5) is 11.4 Å². The number of carbonyl (C=O) groups excluding carboxylic acids is 1. The molecule has 0 aliphatic carbocycles. The minimum Gasteiger partial charge on any atom is -0.490 e. The Balaban J connectivity index is 1.82. The van der Waals surface area contributed by atoms with Gasteiger partial charge >= 0.3 is 0 Å². The van der Waals surface area contributed by atoms with Crippen LogP contribution in [0.5, 0.6) is 11.5 Å². The van der Waals surface area contributed by atoms with Crippen LogP contribution in [0.1, 0.15) is 23.6 Å². The summed E-state index contributed by atoms with van der Waals surface area (Å²) < 4.78 is 11.3. The zero-order chi connectivity index (χ0) is 25.4. The number of benzene rings is 3. The first-order chi connectivity index (χ1) is 16.8. The van der Waals surface area contributed by atoms with Crippen LogP contribution in [-0.4, -0.2) is 24.0 Å². The molecule has 3 rings (SSSR count). The largest absolute Gasteiger partial charge is 0.490 e. The summed E-state index contributed by atoms with van der Waals surface area (Å²) in [5, 5.41) is 23.5. The number of allylic oxidation sites excluding steroid dienone is 1. The molecule has 0 aliphatic rings. The van der Waals surface area contributed by atoms with Crippen molar-refractivity contribution in [3.63, 3.8) is 0 Å². The summed E-state index contributed by atoms with van der Waals surface area (Å²) >= 11 is 6.44. The van der Waals surface area contributed by atoms with Gasteiger partial charge in [0.05, 0.1) is 28.2 Å². The summed E-state index contributed by atoms with van der Waals surface area (Å²) in [6.45, 7) is 3.72. The van der Waals surface area contributed by atoms with Crippen molar-refractivity contribution >= 4 is 40.5 Å². The van der Waals surface area contributed by atoms with Crippen molar-refractivity contribution in [2.24, 2.45) is 0 Å². The monoisotopic (exact) mass is 491 g/mol. The third-order valence-electron chi connectivity index (χ3n) is 4.92. The fourth-order valence-electron chi connectivity index (χ4n) is 3.22. The number of nitrogens with one attached hydrogen (secondary N) is 1. The summed E-state index contributed by atoms with van der Waals surface area (Å²) in [6, 6.07) is 18.4. The molecule has 1 N–H and O–H groups in total. The van der Waals surface area contributed by atoms with Gasteiger partial charge in [0.15, 0.2) is 18.1 Å². The van der Waals surface area contributed by atoms with Gasteiger partial charge in [0.25, 0.3) is 11.6 Å². The second kappa shape index (κ2) is 11.7. The van der Waals surface area contributed by atoms with Gasteiger partial charge in [-0.15, -0.1) is 0 Å². The van der Waals surface area contributed by atoms with Crippen LogP contribution in [-0.2, 0) is 4.79 Å². The van der Waals surface area contributed by atoms with Crippen LogP contribution in [0, 0.1) is 28.4 Å². The highest BCUT2D eigenvalue weighted by Gasteiger charge is 2.15. The number of ether oxygens (including phenoxy) is 2. The van der Waals surface area contributed by atoms with E-state index in [1.165, 1.54) is 24.3 Å². The van der Waals surface area contributed by atoms with Crippen molar-refractivity contribution in [2.75, 3.05) is 18.5 Å². The number of nitrogens with zero attached hydrogens (tertiary/aromatic N) is 2. The second-order valence-electron chi connectivity index (χ2n) is 7.39. The Labute approximate surface area is 207 Å². The van der Waals surface area contributed by atoms with E-state index in [1.54, 1.807) is 31.2 Å². The summed E-state index contributed by atoms with van der Waals surface area (Å²) in [7, 11) is 0. The molecule has 9 heteroatoms. The number of rotatable bonds is 9. The quantitative estimate of drug-likeness (QED) is 0.169. The van der Waals surface area contributed by atoms with Crippen LogP contribution >= 0.6 is 11.6 Å². The molecule has 0 bridgehead atoms. The summed E-state index contributed by atoms with van der Waals surface area (Å²) in [6.07, 6.45) is 1.59. The van der Waals surface area contributed by atoms with Crippen molar-refractivity contribution in [2.45, 2.75) is 13.8 Å². The van der Waals surface area contributed by atoms with Crippen LogP contribution < -0.4 is 14.8 Å². The predicted molar refractivity (Wildman–Crippen MR) is 135 cm³/mol. The molecule has 35 heavy (non-hydrogen) atoms. The van der Waals surface area contributed by atoms with Gasteiger partial charge in [0.1, 0.15) is 0 Å². The van der Waals surface area contributed by atoms with E-state index in [2.05, 4.69) is 11.4 Å². The van der Waals surface area contributed by atoms with Gasteiger partial charge in [0, 0.05) is 17.8 Å². The predicted octanol–water partition coefficient (Wildman–Crippen LogP) is 6.04. The van der Waals surface area contributed by atoms with Gasteiger partial charge in [-0.3, -0.25) is 14.9 Å². The molecule has 0 heterocycles. The zero-order valence-corrected chi connectivity index (χ0v) is 19.8. The number of hydrogen-bond acceptors (Lipinski definition) is 6. The molecule has 0 radical (unpaired) electrons. The number of hydrogen-bond donors (Lipinski definition) is 1. The average Bonchev–Trinajstić information content (AvgIpc) is 2.83. The maximum Gasteiger partial charge on any atom is 0.269 e. The van der Waals surface area contributed by atoms with E-state index in [0.29, 0.717) is 29.2 Å². The lowest BCUT2D eigenvalue weighted by atomic mass is 10.0. The number of non-ortho nitro benzene ring substituents is 1. The number of anilines is 1. The molecule has 0 unspecified atom stereocenters. The Morgan fingerprint density at radius 2 is 1.89 bits per heavy atom. The summed E-state index contributed by atoms with van der Waals surface area (Å²) in [5.74, 6) is 0.169. The molecule has 0 fully saturated rings. The molecule has 0 spiro atoms. The molecular weight excluding hydrogens is 470 g/mol. The lowest BCUT2D eigenvalue weighted by Gasteiger charge is -2.15. The average molecular weight is 492 g/mol. The Morgan fingerprint density at radius 3 is 2.51 bits per heavy atom. The summed E-state index contributed by atoms with van der Waals surface area (Å²) in [4.78, 5) is 22.8. The Morgan fingerprint density at radius 1 is 1.17 bits per heavy atom. The molecule has 1 amide bonds. The highest BCUT2D eigenvalue weighted by Crippen LogP contribution is 2.38. The highest BCUT2D eigenvalue weighted by molar-refractivity contribution is 6.32. The molecule has 178 valence electrons. The minimum atomic E-state index is -0.506. The maximum atomic E-state index is 12.4. The van der Waals surface area contributed by atoms with E-state index < -0.39 is 4.92 Å². The fraction of sp³-hybridized carbons (Fsp3) is 0.154. The first-order valence-corrected chi connectivity index (χ1v) is 11.0. The standard InChI is InChI=1S/C26H22ClN3O5/c1-3-34-24-14-18(12-20(15-28)19-8-10-21(11-9-19)30(32)33)13-22(27)26(24)35-16-25(31)29-23-7-5-4-6-17(23)2/h4-14H,3,16H2,1-2H3,(H,29,31)/b20-12+. The van der Waals surface area contributed by atoms with E-state index in [1.807, 2.05) is 25.1 Å². The van der Waals surface area contributed by atoms with Crippen molar-refractivity contribution < 1.29 is 19.2 Å². The molecule has 0 atom stereocenters. The molecule has 0 aromatic heterocycles. The normalized spacial score (nSPS) is 10.9.